The van der Waals surface area contributed by atoms with Gasteiger partial charge in [0.25, 0.3) is 0 Å². The minimum atomic E-state index is -3.64. The molecule has 0 amide bonds. The zero-order chi connectivity index (χ0) is 15.3. The molecular weight excluding hydrogens is 276 g/mol. The highest BCUT2D eigenvalue weighted by Gasteiger charge is 2.09. The van der Waals surface area contributed by atoms with Crippen LogP contribution in [0.25, 0.3) is 0 Å². The van der Waals surface area contributed by atoms with E-state index in [1.54, 1.807) is 0 Å². The van der Waals surface area contributed by atoms with E-state index < -0.39 is 16.1 Å². The van der Waals surface area contributed by atoms with Crippen molar-refractivity contribution in [2.24, 2.45) is 0 Å². The maximum atomic E-state index is 11.1. The standard InChI is InChI=1S/C15H30O4S/c1-3-4-5-6-7-8-9-10-11-12-13-14-15(16)19-20(2,17)18/h3-14H2,1-2H3. The van der Waals surface area contributed by atoms with Gasteiger partial charge in [0.2, 0.25) is 0 Å². The topological polar surface area (TPSA) is 60.4 Å². The number of unbranched alkanes of at least 4 members (excludes halogenated alkanes) is 10. The van der Waals surface area contributed by atoms with Crippen LogP contribution in [0.3, 0.4) is 0 Å². The molecule has 0 radical (unpaired) electrons. The van der Waals surface area contributed by atoms with Crippen LogP contribution in [0.15, 0.2) is 0 Å². The highest BCUT2D eigenvalue weighted by Crippen LogP contribution is 2.12. The molecule has 0 aromatic rings. The molecule has 0 aromatic heterocycles. The average Bonchev–Trinajstić information content (AvgIpc) is 2.34. The third-order valence-electron chi connectivity index (χ3n) is 3.23. The Morgan fingerprint density at radius 3 is 1.60 bits per heavy atom. The fourth-order valence-corrected chi connectivity index (χ4v) is 2.57. The monoisotopic (exact) mass is 306 g/mol. The van der Waals surface area contributed by atoms with Crippen molar-refractivity contribution in [1.29, 1.82) is 0 Å². The summed E-state index contributed by atoms with van der Waals surface area (Å²) in [5.74, 6) is -0.636. The van der Waals surface area contributed by atoms with Gasteiger partial charge in [-0.3, -0.25) is 4.79 Å². The summed E-state index contributed by atoms with van der Waals surface area (Å²) in [5.41, 5.74) is 0. The van der Waals surface area contributed by atoms with Crippen LogP contribution in [0, 0.1) is 0 Å². The predicted octanol–water partition coefficient (Wildman–Crippen LogP) is 4.19. The van der Waals surface area contributed by atoms with Gasteiger partial charge in [-0.15, -0.1) is 0 Å². The van der Waals surface area contributed by atoms with Gasteiger partial charge >= 0.3 is 16.1 Å². The maximum absolute atomic E-state index is 11.1. The number of carbonyl (C=O) groups is 1. The van der Waals surface area contributed by atoms with Gasteiger partial charge in [-0.25, -0.2) is 0 Å². The van der Waals surface area contributed by atoms with Crippen molar-refractivity contribution in [1.82, 2.24) is 0 Å². The molecule has 0 aliphatic heterocycles. The zero-order valence-electron chi connectivity index (χ0n) is 13.0. The fourth-order valence-electron chi connectivity index (χ4n) is 2.14. The van der Waals surface area contributed by atoms with Crippen LogP contribution in [0.1, 0.15) is 84.0 Å². The molecule has 0 rings (SSSR count). The van der Waals surface area contributed by atoms with E-state index >= 15 is 0 Å². The predicted molar refractivity (Wildman–Crippen MR) is 82.0 cm³/mol. The van der Waals surface area contributed by atoms with E-state index in [1.807, 2.05) is 0 Å². The van der Waals surface area contributed by atoms with Gasteiger partial charge < -0.3 is 4.18 Å². The van der Waals surface area contributed by atoms with Crippen LogP contribution >= 0.6 is 0 Å². The lowest BCUT2D eigenvalue weighted by Crippen LogP contribution is -2.10. The minimum absolute atomic E-state index is 0.198. The van der Waals surface area contributed by atoms with Crippen LogP contribution in [0.5, 0.6) is 0 Å². The molecule has 0 aliphatic rings. The summed E-state index contributed by atoms with van der Waals surface area (Å²) in [6.45, 7) is 2.23. The molecule has 120 valence electrons. The van der Waals surface area contributed by atoms with Crippen LogP contribution in [0.2, 0.25) is 0 Å². The highest BCUT2D eigenvalue weighted by molar-refractivity contribution is 7.86. The molecule has 20 heavy (non-hydrogen) atoms. The van der Waals surface area contributed by atoms with Crippen molar-refractivity contribution >= 4 is 16.1 Å². The molecule has 4 nitrogen and oxygen atoms in total. The summed E-state index contributed by atoms with van der Waals surface area (Å²) in [4.78, 5) is 11.1. The Morgan fingerprint density at radius 2 is 1.20 bits per heavy atom. The van der Waals surface area contributed by atoms with Gasteiger partial charge in [0, 0.05) is 6.42 Å². The Hall–Kier alpha value is -0.580. The number of rotatable bonds is 13. The zero-order valence-corrected chi connectivity index (χ0v) is 13.8. The SMILES string of the molecule is CCCCCCCCCCCCCC(=O)OS(C)(=O)=O. The Balaban J connectivity index is 3.23. The van der Waals surface area contributed by atoms with Crippen LogP contribution in [-0.2, 0) is 19.1 Å². The van der Waals surface area contributed by atoms with Gasteiger partial charge in [-0.2, -0.15) is 8.42 Å². The van der Waals surface area contributed by atoms with Crippen molar-refractivity contribution in [2.45, 2.75) is 84.0 Å². The Morgan fingerprint density at radius 1 is 0.800 bits per heavy atom. The first-order valence-electron chi connectivity index (χ1n) is 7.88. The molecular formula is C15H30O4S. The first-order valence-corrected chi connectivity index (χ1v) is 9.69. The van der Waals surface area contributed by atoms with Gasteiger partial charge in [0.15, 0.2) is 0 Å². The lowest BCUT2D eigenvalue weighted by Gasteiger charge is -2.03. The second kappa shape index (κ2) is 12.2. The maximum Gasteiger partial charge on any atom is 0.322 e. The largest absolute Gasteiger partial charge is 0.346 e. The Kier molecular flexibility index (Phi) is 11.8. The number of hydrogen-bond donors (Lipinski definition) is 0. The summed E-state index contributed by atoms with van der Waals surface area (Å²) >= 11 is 0. The normalized spacial score (nSPS) is 11.5. The van der Waals surface area contributed by atoms with Crippen molar-refractivity contribution in [3.8, 4) is 0 Å². The van der Waals surface area contributed by atoms with Gasteiger partial charge in [0.05, 0.1) is 6.26 Å². The van der Waals surface area contributed by atoms with E-state index in [4.69, 9.17) is 0 Å². The van der Waals surface area contributed by atoms with E-state index in [2.05, 4.69) is 11.1 Å². The summed E-state index contributed by atoms with van der Waals surface area (Å²) < 4.78 is 25.7. The van der Waals surface area contributed by atoms with E-state index in [0.717, 1.165) is 19.1 Å². The summed E-state index contributed by atoms with van der Waals surface area (Å²) in [7, 11) is -3.64. The molecule has 0 bridgehead atoms. The first kappa shape index (κ1) is 19.4. The second-order valence-electron chi connectivity index (χ2n) is 5.44. The van der Waals surface area contributed by atoms with Crippen LogP contribution in [0.4, 0.5) is 0 Å². The Bertz CT molecular complexity index is 336. The third-order valence-corrected chi connectivity index (χ3v) is 3.72. The fraction of sp³-hybridized carbons (Fsp3) is 0.933. The molecule has 0 spiro atoms. The van der Waals surface area contributed by atoms with Gasteiger partial charge in [-0.1, -0.05) is 71.1 Å². The second-order valence-corrected chi connectivity index (χ2v) is 7.02. The lowest BCUT2D eigenvalue weighted by atomic mass is 10.1. The number of carbonyl (C=O) groups excluding carboxylic acids is 1. The molecule has 0 atom stereocenters. The molecule has 0 aromatic carbocycles. The quantitative estimate of drug-likeness (QED) is 0.378. The minimum Gasteiger partial charge on any atom is -0.346 e. The highest BCUT2D eigenvalue weighted by atomic mass is 32.2. The molecule has 0 saturated heterocycles. The molecule has 0 saturated carbocycles. The van der Waals surface area contributed by atoms with E-state index in [1.165, 1.54) is 51.4 Å². The third kappa shape index (κ3) is 15.5. The van der Waals surface area contributed by atoms with Crippen molar-refractivity contribution < 1.29 is 17.4 Å². The molecule has 5 heteroatoms. The summed E-state index contributed by atoms with van der Waals surface area (Å²) in [6.07, 6.45) is 14.3. The van der Waals surface area contributed by atoms with Crippen molar-refractivity contribution in [3.05, 3.63) is 0 Å². The van der Waals surface area contributed by atoms with Crippen molar-refractivity contribution in [2.75, 3.05) is 6.26 Å². The summed E-state index contributed by atoms with van der Waals surface area (Å²) in [6, 6.07) is 0. The van der Waals surface area contributed by atoms with Gasteiger partial charge in [0.1, 0.15) is 0 Å². The molecule has 0 fully saturated rings. The van der Waals surface area contributed by atoms with Gasteiger partial charge in [-0.05, 0) is 6.42 Å². The van der Waals surface area contributed by atoms with E-state index in [0.29, 0.717) is 6.42 Å². The smallest absolute Gasteiger partial charge is 0.322 e. The lowest BCUT2D eigenvalue weighted by molar-refractivity contribution is -0.133. The molecule has 0 unspecified atom stereocenters. The molecule has 0 N–H and O–H groups in total. The first-order chi connectivity index (χ1) is 9.45. The Labute approximate surface area is 124 Å². The van der Waals surface area contributed by atoms with Crippen LogP contribution < -0.4 is 0 Å². The number of hydrogen-bond acceptors (Lipinski definition) is 4. The van der Waals surface area contributed by atoms with Crippen molar-refractivity contribution in [3.63, 3.8) is 0 Å². The molecule has 0 aliphatic carbocycles. The van der Waals surface area contributed by atoms with E-state index in [-0.39, 0.29) is 6.42 Å². The van der Waals surface area contributed by atoms with Crippen LogP contribution in [-0.4, -0.2) is 20.6 Å². The molecule has 0 heterocycles. The average molecular weight is 306 g/mol. The summed E-state index contributed by atoms with van der Waals surface area (Å²) in [5, 5.41) is 0. The van der Waals surface area contributed by atoms with E-state index in [9.17, 15) is 13.2 Å².